The van der Waals surface area contributed by atoms with Crippen molar-refractivity contribution in [2.75, 3.05) is 13.1 Å². The van der Waals surface area contributed by atoms with E-state index in [2.05, 4.69) is 25.7 Å². The van der Waals surface area contributed by atoms with Crippen LogP contribution in [-0.4, -0.2) is 54.2 Å². The molecule has 168 valence electrons. The number of ether oxygens (including phenoxy) is 1. The average Bonchev–Trinajstić information content (AvgIpc) is 3.52. The minimum absolute atomic E-state index is 0.0188. The zero-order chi connectivity index (χ0) is 22.6. The number of benzene rings is 2. The predicted octanol–water partition coefficient (Wildman–Crippen LogP) is 2.86. The van der Waals surface area contributed by atoms with Crippen molar-refractivity contribution >= 4 is 5.91 Å². The number of rotatable bonds is 6. The van der Waals surface area contributed by atoms with Crippen molar-refractivity contribution in [1.82, 2.24) is 35.2 Å². The molecule has 0 N–H and O–H groups in total. The Balaban J connectivity index is 1.19. The summed E-state index contributed by atoms with van der Waals surface area (Å²) in [5.74, 6) is 2.55. The minimum atomic E-state index is -0.0188. The molecule has 0 spiro atoms. The maximum absolute atomic E-state index is 13.1. The van der Waals surface area contributed by atoms with Gasteiger partial charge in [0.15, 0.2) is 5.82 Å². The SMILES string of the molecule is Cn1nnnc1COc1cccc(C(=O)N2CCC(c3nc(-c4ccccc4)no3)CC2)c1. The molecule has 2 aromatic heterocycles. The van der Waals surface area contributed by atoms with Crippen molar-refractivity contribution < 1.29 is 14.1 Å². The van der Waals surface area contributed by atoms with Crippen LogP contribution in [0.15, 0.2) is 59.1 Å². The van der Waals surface area contributed by atoms with Crippen molar-refractivity contribution in [2.24, 2.45) is 7.05 Å². The second-order valence-corrected chi connectivity index (χ2v) is 7.92. The summed E-state index contributed by atoms with van der Waals surface area (Å²) < 4.78 is 12.8. The first-order valence-electron chi connectivity index (χ1n) is 10.8. The number of aryl methyl sites for hydroxylation is 1. The monoisotopic (exact) mass is 445 g/mol. The van der Waals surface area contributed by atoms with E-state index in [-0.39, 0.29) is 18.4 Å². The number of hydrogen-bond donors (Lipinski definition) is 0. The fourth-order valence-corrected chi connectivity index (χ4v) is 3.85. The van der Waals surface area contributed by atoms with E-state index in [1.54, 1.807) is 23.9 Å². The zero-order valence-corrected chi connectivity index (χ0v) is 18.2. The lowest BCUT2D eigenvalue weighted by atomic mass is 9.96. The van der Waals surface area contributed by atoms with Crippen molar-refractivity contribution in [2.45, 2.75) is 25.4 Å². The molecule has 1 aliphatic heterocycles. The number of carbonyl (C=O) groups is 1. The highest BCUT2D eigenvalue weighted by Gasteiger charge is 2.28. The van der Waals surface area contributed by atoms with Crippen molar-refractivity contribution in [1.29, 1.82) is 0 Å². The number of likely N-dealkylation sites (tertiary alicyclic amines) is 1. The number of hydrogen-bond acceptors (Lipinski definition) is 8. The number of nitrogens with zero attached hydrogens (tertiary/aromatic N) is 7. The summed E-state index contributed by atoms with van der Waals surface area (Å²) in [4.78, 5) is 19.5. The van der Waals surface area contributed by atoms with Gasteiger partial charge in [-0.05, 0) is 41.5 Å². The molecule has 1 saturated heterocycles. The summed E-state index contributed by atoms with van der Waals surface area (Å²) in [5, 5.41) is 15.4. The fraction of sp³-hybridized carbons (Fsp3) is 0.304. The van der Waals surface area contributed by atoms with E-state index >= 15 is 0 Å². The molecule has 0 unspecified atom stereocenters. The third kappa shape index (κ3) is 4.59. The van der Waals surface area contributed by atoms with E-state index < -0.39 is 0 Å². The Morgan fingerprint density at radius 2 is 1.94 bits per heavy atom. The van der Waals surface area contributed by atoms with Crippen LogP contribution >= 0.6 is 0 Å². The van der Waals surface area contributed by atoms with Gasteiger partial charge in [0.1, 0.15) is 12.4 Å². The summed E-state index contributed by atoms with van der Waals surface area (Å²) >= 11 is 0. The van der Waals surface area contributed by atoms with Gasteiger partial charge in [0.2, 0.25) is 11.7 Å². The molecular weight excluding hydrogens is 422 g/mol. The summed E-state index contributed by atoms with van der Waals surface area (Å²) in [6.45, 7) is 1.48. The molecule has 10 nitrogen and oxygen atoms in total. The first-order valence-corrected chi connectivity index (χ1v) is 10.8. The highest BCUT2D eigenvalue weighted by atomic mass is 16.5. The van der Waals surface area contributed by atoms with Gasteiger partial charge in [-0.3, -0.25) is 4.79 Å². The smallest absolute Gasteiger partial charge is 0.253 e. The maximum Gasteiger partial charge on any atom is 0.253 e. The molecule has 33 heavy (non-hydrogen) atoms. The van der Waals surface area contributed by atoms with Crippen molar-refractivity contribution in [3.05, 3.63) is 71.9 Å². The highest BCUT2D eigenvalue weighted by molar-refractivity contribution is 5.94. The Labute approximate surface area is 190 Å². The van der Waals surface area contributed by atoms with Crippen LogP contribution in [0.3, 0.4) is 0 Å². The van der Waals surface area contributed by atoms with Gasteiger partial charge in [-0.15, -0.1) is 5.10 Å². The first kappa shape index (κ1) is 20.8. The molecule has 10 heteroatoms. The van der Waals surface area contributed by atoms with Crippen LogP contribution in [0.2, 0.25) is 0 Å². The quantitative estimate of drug-likeness (QED) is 0.445. The predicted molar refractivity (Wildman–Crippen MR) is 117 cm³/mol. The minimum Gasteiger partial charge on any atom is -0.486 e. The van der Waals surface area contributed by atoms with E-state index in [0.29, 0.717) is 41.9 Å². The lowest BCUT2D eigenvalue weighted by Gasteiger charge is -2.30. The van der Waals surface area contributed by atoms with Gasteiger partial charge in [-0.2, -0.15) is 4.98 Å². The van der Waals surface area contributed by atoms with Crippen molar-refractivity contribution in [3.63, 3.8) is 0 Å². The average molecular weight is 445 g/mol. The van der Waals surface area contributed by atoms with Gasteiger partial charge in [-0.1, -0.05) is 41.6 Å². The van der Waals surface area contributed by atoms with Crippen LogP contribution < -0.4 is 4.74 Å². The molecule has 1 fully saturated rings. The van der Waals surface area contributed by atoms with Gasteiger partial charge in [-0.25, -0.2) is 4.68 Å². The third-order valence-corrected chi connectivity index (χ3v) is 5.76. The summed E-state index contributed by atoms with van der Waals surface area (Å²) in [7, 11) is 1.75. The summed E-state index contributed by atoms with van der Waals surface area (Å²) in [6, 6.07) is 16.9. The fourth-order valence-electron chi connectivity index (χ4n) is 3.85. The lowest BCUT2D eigenvalue weighted by molar-refractivity contribution is 0.0704. The normalized spacial score (nSPS) is 14.4. The first-order chi connectivity index (χ1) is 16.2. The molecule has 0 atom stereocenters. The third-order valence-electron chi connectivity index (χ3n) is 5.76. The van der Waals surface area contributed by atoms with Crippen molar-refractivity contribution in [3.8, 4) is 17.1 Å². The largest absolute Gasteiger partial charge is 0.486 e. The number of aromatic nitrogens is 6. The van der Waals surface area contributed by atoms with E-state index in [9.17, 15) is 4.79 Å². The number of amides is 1. The topological polar surface area (TPSA) is 112 Å². The van der Waals surface area contributed by atoms with E-state index in [4.69, 9.17) is 9.26 Å². The van der Waals surface area contributed by atoms with E-state index in [1.165, 1.54) is 0 Å². The van der Waals surface area contributed by atoms with Crippen LogP contribution in [0, 0.1) is 0 Å². The highest BCUT2D eigenvalue weighted by Crippen LogP contribution is 2.29. The molecule has 3 heterocycles. The Morgan fingerprint density at radius 1 is 1.12 bits per heavy atom. The Bertz CT molecular complexity index is 1230. The van der Waals surface area contributed by atoms with E-state index in [1.807, 2.05) is 47.4 Å². The summed E-state index contributed by atoms with van der Waals surface area (Å²) in [6.07, 6.45) is 1.55. The molecule has 4 aromatic rings. The lowest BCUT2D eigenvalue weighted by Crippen LogP contribution is -2.38. The summed E-state index contributed by atoms with van der Waals surface area (Å²) in [5.41, 5.74) is 1.52. The molecule has 2 aromatic carbocycles. The molecular formula is C23H23N7O3. The van der Waals surface area contributed by atoms with Crippen LogP contribution in [-0.2, 0) is 13.7 Å². The number of tetrazole rings is 1. The molecule has 0 radical (unpaired) electrons. The second kappa shape index (κ2) is 9.19. The van der Waals surface area contributed by atoms with E-state index in [0.717, 1.165) is 18.4 Å². The van der Waals surface area contributed by atoms with Gasteiger partial charge < -0.3 is 14.2 Å². The Morgan fingerprint density at radius 3 is 2.70 bits per heavy atom. The second-order valence-electron chi connectivity index (χ2n) is 7.92. The van der Waals surface area contributed by atoms with Gasteiger partial charge in [0.05, 0.1) is 0 Å². The molecule has 1 aliphatic rings. The molecule has 0 saturated carbocycles. The van der Waals surface area contributed by atoms with Gasteiger partial charge in [0, 0.05) is 37.2 Å². The molecule has 0 bridgehead atoms. The Hall–Kier alpha value is -4.08. The van der Waals surface area contributed by atoms with Gasteiger partial charge >= 0.3 is 0 Å². The molecule has 0 aliphatic carbocycles. The molecule has 1 amide bonds. The van der Waals surface area contributed by atoms with Crippen LogP contribution in [0.4, 0.5) is 0 Å². The zero-order valence-electron chi connectivity index (χ0n) is 18.2. The maximum atomic E-state index is 13.1. The standard InChI is InChI=1S/C23H23N7O3/c1-29-20(25-27-28-29)15-32-19-9-5-8-18(14-19)23(31)30-12-10-17(11-13-30)22-24-21(26-33-22)16-6-3-2-4-7-16/h2-9,14,17H,10-13,15H2,1H3. The van der Waals surface area contributed by atoms with Crippen LogP contribution in [0.5, 0.6) is 5.75 Å². The number of piperidine rings is 1. The number of carbonyl (C=O) groups excluding carboxylic acids is 1. The Kier molecular flexibility index (Phi) is 5.79. The van der Waals surface area contributed by atoms with Crippen LogP contribution in [0.25, 0.3) is 11.4 Å². The van der Waals surface area contributed by atoms with Gasteiger partial charge in [0.25, 0.3) is 5.91 Å². The van der Waals surface area contributed by atoms with Crippen LogP contribution in [0.1, 0.15) is 40.8 Å². The molecule has 5 rings (SSSR count).